The van der Waals surface area contributed by atoms with Crippen molar-refractivity contribution in [1.29, 1.82) is 0 Å². The minimum Gasteiger partial charge on any atom is -0.383 e. The third kappa shape index (κ3) is 6.02. The molecule has 0 heterocycles. The topological polar surface area (TPSA) is 30.5 Å². The van der Waals surface area contributed by atoms with E-state index in [0.29, 0.717) is 25.3 Å². The van der Waals surface area contributed by atoms with Crippen LogP contribution in [0.15, 0.2) is 0 Å². The highest BCUT2D eigenvalue weighted by molar-refractivity contribution is 4.71. The molecule has 80 valence electrons. The Morgan fingerprint density at radius 3 is 1.69 bits per heavy atom. The molecule has 0 atom stereocenters. The standard InChI is InChI=1S/C10H23NO2/c1-5-9(6-2)11-10(7-12-3)8-13-4/h9-11H,5-8H2,1-4H3. The van der Waals surface area contributed by atoms with Crippen LogP contribution < -0.4 is 5.32 Å². The van der Waals surface area contributed by atoms with Crippen molar-refractivity contribution in [3.63, 3.8) is 0 Å². The highest BCUT2D eigenvalue weighted by atomic mass is 16.5. The van der Waals surface area contributed by atoms with Gasteiger partial charge in [0, 0.05) is 20.3 Å². The first-order valence-electron chi connectivity index (χ1n) is 5.02. The lowest BCUT2D eigenvalue weighted by Crippen LogP contribution is -2.43. The van der Waals surface area contributed by atoms with Gasteiger partial charge < -0.3 is 14.8 Å². The van der Waals surface area contributed by atoms with E-state index in [1.54, 1.807) is 14.2 Å². The third-order valence-electron chi connectivity index (χ3n) is 2.19. The molecule has 13 heavy (non-hydrogen) atoms. The van der Waals surface area contributed by atoms with Crippen LogP contribution >= 0.6 is 0 Å². The second kappa shape index (κ2) is 8.48. The van der Waals surface area contributed by atoms with Crippen LogP contribution in [0.25, 0.3) is 0 Å². The maximum absolute atomic E-state index is 5.10. The van der Waals surface area contributed by atoms with E-state index in [0.717, 1.165) is 12.8 Å². The fourth-order valence-corrected chi connectivity index (χ4v) is 1.40. The zero-order valence-electron chi connectivity index (χ0n) is 9.30. The smallest absolute Gasteiger partial charge is 0.0638 e. The van der Waals surface area contributed by atoms with E-state index in [1.807, 2.05) is 0 Å². The molecule has 0 aliphatic carbocycles. The molecule has 0 radical (unpaired) electrons. The molecule has 0 unspecified atom stereocenters. The molecule has 0 amide bonds. The van der Waals surface area contributed by atoms with Crippen LogP contribution in [0.4, 0.5) is 0 Å². The van der Waals surface area contributed by atoms with E-state index in [9.17, 15) is 0 Å². The second-order valence-electron chi connectivity index (χ2n) is 3.29. The van der Waals surface area contributed by atoms with Crippen LogP contribution in [0.3, 0.4) is 0 Å². The van der Waals surface area contributed by atoms with Crippen molar-refractivity contribution in [3.05, 3.63) is 0 Å². The normalized spacial score (nSPS) is 11.5. The molecule has 0 fully saturated rings. The van der Waals surface area contributed by atoms with E-state index in [4.69, 9.17) is 9.47 Å². The number of hydrogen-bond donors (Lipinski definition) is 1. The van der Waals surface area contributed by atoms with E-state index in [2.05, 4.69) is 19.2 Å². The average Bonchev–Trinajstić information content (AvgIpc) is 2.14. The molecule has 0 aliphatic rings. The molecule has 0 saturated heterocycles. The highest BCUT2D eigenvalue weighted by Crippen LogP contribution is 1.99. The van der Waals surface area contributed by atoms with Crippen LogP contribution in [-0.4, -0.2) is 39.5 Å². The predicted octanol–water partition coefficient (Wildman–Crippen LogP) is 1.43. The summed E-state index contributed by atoms with van der Waals surface area (Å²) in [4.78, 5) is 0. The largest absolute Gasteiger partial charge is 0.383 e. The molecule has 0 spiro atoms. The maximum atomic E-state index is 5.10. The van der Waals surface area contributed by atoms with Gasteiger partial charge in [0.15, 0.2) is 0 Å². The number of ether oxygens (including phenoxy) is 2. The third-order valence-corrected chi connectivity index (χ3v) is 2.19. The Balaban J connectivity index is 3.76. The van der Waals surface area contributed by atoms with Crippen LogP contribution in [0, 0.1) is 0 Å². The number of hydrogen-bond acceptors (Lipinski definition) is 3. The molecular formula is C10H23NO2. The van der Waals surface area contributed by atoms with Crippen LogP contribution in [0.2, 0.25) is 0 Å². The lowest BCUT2D eigenvalue weighted by molar-refractivity contribution is 0.0968. The molecule has 0 aromatic heterocycles. The Morgan fingerprint density at radius 1 is 0.923 bits per heavy atom. The van der Waals surface area contributed by atoms with Gasteiger partial charge in [-0.05, 0) is 12.8 Å². The summed E-state index contributed by atoms with van der Waals surface area (Å²) in [6, 6.07) is 0.898. The fourth-order valence-electron chi connectivity index (χ4n) is 1.40. The van der Waals surface area contributed by atoms with Gasteiger partial charge in [0.2, 0.25) is 0 Å². The molecule has 0 bridgehead atoms. The number of nitrogens with one attached hydrogen (secondary N) is 1. The summed E-state index contributed by atoms with van der Waals surface area (Å²) < 4.78 is 10.2. The van der Waals surface area contributed by atoms with Crippen LogP contribution in [-0.2, 0) is 9.47 Å². The fraction of sp³-hybridized carbons (Fsp3) is 1.00. The summed E-state index contributed by atoms with van der Waals surface area (Å²) in [6.45, 7) is 5.81. The zero-order chi connectivity index (χ0) is 10.1. The Kier molecular flexibility index (Phi) is 8.40. The molecular weight excluding hydrogens is 166 g/mol. The predicted molar refractivity (Wildman–Crippen MR) is 55.0 cm³/mol. The molecule has 0 saturated carbocycles. The number of rotatable bonds is 8. The Hall–Kier alpha value is -0.120. The highest BCUT2D eigenvalue weighted by Gasteiger charge is 2.11. The van der Waals surface area contributed by atoms with Gasteiger partial charge in [-0.1, -0.05) is 13.8 Å². The lowest BCUT2D eigenvalue weighted by atomic mass is 10.1. The van der Waals surface area contributed by atoms with Gasteiger partial charge in [-0.15, -0.1) is 0 Å². The van der Waals surface area contributed by atoms with E-state index >= 15 is 0 Å². The van der Waals surface area contributed by atoms with E-state index in [-0.39, 0.29) is 0 Å². The van der Waals surface area contributed by atoms with E-state index in [1.165, 1.54) is 0 Å². The summed E-state index contributed by atoms with van der Waals surface area (Å²) in [6.07, 6.45) is 2.31. The zero-order valence-corrected chi connectivity index (χ0v) is 9.30. The van der Waals surface area contributed by atoms with Gasteiger partial charge in [-0.3, -0.25) is 0 Å². The van der Waals surface area contributed by atoms with Crippen molar-refractivity contribution in [3.8, 4) is 0 Å². The van der Waals surface area contributed by atoms with Crippen molar-refractivity contribution in [2.24, 2.45) is 0 Å². The van der Waals surface area contributed by atoms with Crippen LogP contribution in [0.5, 0.6) is 0 Å². The SMILES string of the molecule is CCC(CC)NC(COC)COC. The summed E-state index contributed by atoms with van der Waals surface area (Å²) in [5, 5.41) is 3.51. The van der Waals surface area contributed by atoms with Crippen LogP contribution in [0.1, 0.15) is 26.7 Å². The quantitative estimate of drug-likeness (QED) is 0.626. The maximum Gasteiger partial charge on any atom is 0.0638 e. The van der Waals surface area contributed by atoms with Gasteiger partial charge in [0.1, 0.15) is 0 Å². The van der Waals surface area contributed by atoms with Crippen molar-refractivity contribution >= 4 is 0 Å². The monoisotopic (exact) mass is 189 g/mol. The average molecular weight is 189 g/mol. The second-order valence-corrected chi connectivity index (χ2v) is 3.29. The van der Waals surface area contributed by atoms with Crippen molar-refractivity contribution in [1.82, 2.24) is 5.32 Å². The molecule has 0 aromatic rings. The van der Waals surface area contributed by atoms with Gasteiger partial charge in [0.25, 0.3) is 0 Å². The summed E-state index contributed by atoms with van der Waals surface area (Å²) in [7, 11) is 3.44. The van der Waals surface area contributed by atoms with Crippen molar-refractivity contribution in [2.75, 3.05) is 27.4 Å². The lowest BCUT2D eigenvalue weighted by Gasteiger charge is -2.23. The van der Waals surface area contributed by atoms with Gasteiger partial charge in [-0.25, -0.2) is 0 Å². The number of methoxy groups -OCH3 is 2. The van der Waals surface area contributed by atoms with Gasteiger partial charge in [-0.2, -0.15) is 0 Å². The van der Waals surface area contributed by atoms with Crippen molar-refractivity contribution < 1.29 is 9.47 Å². The summed E-state index contributed by atoms with van der Waals surface area (Å²) >= 11 is 0. The molecule has 3 nitrogen and oxygen atoms in total. The molecule has 3 heteroatoms. The minimum atomic E-state index is 0.319. The Bertz CT molecular complexity index is 99.1. The Labute approximate surface area is 81.8 Å². The first kappa shape index (κ1) is 12.9. The molecule has 0 rings (SSSR count). The van der Waals surface area contributed by atoms with Crippen molar-refractivity contribution in [2.45, 2.75) is 38.8 Å². The first-order valence-corrected chi connectivity index (χ1v) is 5.02. The summed E-state index contributed by atoms with van der Waals surface area (Å²) in [5.74, 6) is 0. The minimum absolute atomic E-state index is 0.319. The molecule has 0 aromatic carbocycles. The first-order chi connectivity index (χ1) is 6.28. The van der Waals surface area contributed by atoms with E-state index < -0.39 is 0 Å². The summed E-state index contributed by atoms with van der Waals surface area (Å²) in [5.41, 5.74) is 0. The van der Waals surface area contributed by atoms with Gasteiger partial charge in [0.05, 0.1) is 19.3 Å². The Morgan fingerprint density at radius 2 is 1.38 bits per heavy atom. The van der Waals surface area contributed by atoms with Gasteiger partial charge >= 0.3 is 0 Å². The molecule has 1 N–H and O–H groups in total. The molecule has 0 aliphatic heterocycles.